The SMILES string of the molecule is O=C(Cc1c(F)cccc1Cl)OCc1cc(-c2ccc(Cl)cc2)on1. The fourth-order valence-electron chi connectivity index (χ4n) is 2.18. The van der Waals surface area contributed by atoms with Crippen LogP contribution in [0.5, 0.6) is 0 Å². The summed E-state index contributed by atoms with van der Waals surface area (Å²) >= 11 is 11.7. The van der Waals surface area contributed by atoms with E-state index in [-0.39, 0.29) is 23.6 Å². The maximum Gasteiger partial charge on any atom is 0.310 e. The van der Waals surface area contributed by atoms with Crippen molar-refractivity contribution in [2.24, 2.45) is 0 Å². The Balaban J connectivity index is 1.60. The Bertz CT molecular complexity index is 873. The number of benzene rings is 2. The van der Waals surface area contributed by atoms with Crippen molar-refractivity contribution in [2.75, 3.05) is 0 Å². The second kappa shape index (κ2) is 7.68. The van der Waals surface area contributed by atoms with E-state index in [4.69, 9.17) is 32.5 Å². The summed E-state index contributed by atoms with van der Waals surface area (Å²) < 4.78 is 24.0. The summed E-state index contributed by atoms with van der Waals surface area (Å²) in [4.78, 5) is 11.9. The van der Waals surface area contributed by atoms with Gasteiger partial charge in [-0.05, 0) is 36.4 Å². The molecule has 4 nitrogen and oxygen atoms in total. The van der Waals surface area contributed by atoms with Crippen LogP contribution in [0.3, 0.4) is 0 Å². The third-order valence-corrected chi connectivity index (χ3v) is 4.06. The number of hydrogen-bond acceptors (Lipinski definition) is 4. The Kier molecular flexibility index (Phi) is 5.36. The summed E-state index contributed by atoms with van der Waals surface area (Å²) in [5, 5.41) is 4.64. The molecule has 25 heavy (non-hydrogen) atoms. The summed E-state index contributed by atoms with van der Waals surface area (Å²) in [6, 6.07) is 12.9. The first-order chi connectivity index (χ1) is 12.0. The number of rotatable bonds is 5. The van der Waals surface area contributed by atoms with Crippen molar-refractivity contribution in [3.8, 4) is 11.3 Å². The molecule has 3 rings (SSSR count). The van der Waals surface area contributed by atoms with Gasteiger partial charge in [0.05, 0.1) is 6.42 Å². The molecule has 128 valence electrons. The third-order valence-electron chi connectivity index (χ3n) is 3.45. The molecule has 0 saturated heterocycles. The maximum atomic E-state index is 13.7. The van der Waals surface area contributed by atoms with E-state index in [2.05, 4.69) is 5.16 Å². The molecule has 0 spiro atoms. The first-order valence-electron chi connectivity index (χ1n) is 7.33. The highest BCUT2D eigenvalue weighted by Crippen LogP contribution is 2.23. The minimum Gasteiger partial charge on any atom is -0.459 e. The van der Waals surface area contributed by atoms with Gasteiger partial charge in [-0.25, -0.2) is 4.39 Å². The summed E-state index contributed by atoms with van der Waals surface area (Å²) in [5.74, 6) is -0.626. The van der Waals surface area contributed by atoms with Crippen LogP contribution in [0.1, 0.15) is 11.3 Å². The first kappa shape index (κ1) is 17.5. The number of carbonyl (C=O) groups is 1. The van der Waals surface area contributed by atoms with E-state index in [1.165, 1.54) is 18.2 Å². The number of carbonyl (C=O) groups excluding carboxylic acids is 1. The number of esters is 1. The largest absolute Gasteiger partial charge is 0.459 e. The average molecular weight is 380 g/mol. The molecule has 0 fully saturated rings. The number of halogens is 3. The molecule has 7 heteroatoms. The lowest BCUT2D eigenvalue weighted by Crippen LogP contribution is -2.09. The van der Waals surface area contributed by atoms with E-state index < -0.39 is 11.8 Å². The predicted molar refractivity (Wildman–Crippen MR) is 91.9 cm³/mol. The van der Waals surface area contributed by atoms with Crippen molar-refractivity contribution in [2.45, 2.75) is 13.0 Å². The van der Waals surface area contributed by atoms with Gasteiger partial charge < -0.3 is 9.26 Å². The van der Waals surface area contributed by atoms with Crippen molar-refractivity contribution in [3.05, 3.63) is 75.7 Å². The number of nitrogens with zero attached hydrogens (tertiary/aromatic N) is 1. The molecule has 2 aromatic carbocycles. The predicted octanol–water partition coefficient (Wildman–Crippen LogP) is 5.07. The zero-order chi connectivity index (χ0) is 17.8. The highest BCUT2D eigenvalue weighted by Gasteiger charge is 2.14. The van der Waals surface area contributed by atoms with Gasteiger partial charge in [-0.15, -0.1) is 0 Å². The molecule has 0 amide bonds. The van der Waals surface area contributed by atoms with Gasteiger partial charge in [0.25, 0.3) is 0 Å². The topological polar surface area (TPSA) is 52.3 Å². The standard InChI is InChI=1S/C18H12Cl2FNO3/c19-12-6-4-11(5-7-12)17-8-13(22-25-17)10-24-18(23)9-14-15(20)2-1-3-16(14)21/h1-8H,9-10H2. The van der Waals surface area contributed by atoms with Crippen LogP contribution < -0.4 is 0 Å². The fourth-order valence-corrected chi connectivity index (χ4v) is 2.54. The Morgan fingerprint density at radius 3 is 2.64 bits per heavy atom. The van der Waals surface area contributed by atoms with Crippen LogP contribution >= 0.6 is 23.2 Å². The minimum atomic E-state index is -0.608. The van der Waals surface area contributed by atoms with Crippen molar-refractivity contribution in [1.82, 2.24) is 5.16 Å². The highest BCUT2D eigenvalue weighted by molar-refractivity contribution is 6.31. The average Bonchev–Trinajstić information content (AvgIpc) is 3.06. The van der Waals surface area contributed by atoms with Gasteiger partial charge in [-0.2, -0.15) is 0 Å². The van der Waals surface area contributed by atoms with Crippen LogP contribution in [0, 0.1) is 5.82 Å². The maximum absolute atomic E-state index is 13.7. The fraction of sp³-hybridized carbons (Fsp3) is 0.111. The van der Waals surface area contributed by atoms with E-state index in [0.717, 1.165) is 5.56 Å². The van der Waals surface area contributed by atoms with E-state index in [0.29, 0.717) is 16.5 Å². The molecule has 0 aliphatic carbocycles. The zero-order valence-corrected chi connectivity index (χ0v) is 14.4. The van der Waals surface area contributed by atoms with Gasteiger partial charge in [0, 0.05) is 27.2 Å². The summed E-state index contributed by atoms with van der Waals surface area (Å²) in [7, 11) is 0. The quantitative estimate of drug-likeness (QED) is 0.580. The Morgan fingerprint density at radius 1 is 1.16 bits per heavy atom. The van der Waals surface area contributed by atoms with Crippen LogP contribution in [0.25, 0.3) is 11.3 Å². The zero-order valence-electron chi connectivity index (χ0n) is 12.8. The monoisotopic (exact) mass is 379 g/mol. The number of aromatic nitrogens is 1. The van der Waals surface area contributed by atoms with E-state index in [1.807, 2.05) is 0 Å². The van der Waals surface area contributed by atoms with Gasteiger partial charge in [0.1, 0.15) is 18.1 Å². The molecule has 1 heterocycles. The summed E-state index contributed by atoms with van der Waals surface area (Å²) in [5.41, 5.74) is 1.35. The Hall–Kier alpha value is -2.37. The molecule has 0 saturated carbocycles. The van der Waals surface area contributed by atoms with Gasteiger partial charge in [-0.1, -0.05) is 34.4 Å². The summed E-state index contributed by atoms with van der Waals surface area (Å²) in [6.07, 6.45) is -0.257. The van der Waals surface area contributed by atoms with E-state index >= 15 is 0 Å². The molecule has 0 unspecified atom stereocenters. The number of ether oxygens (including phenoxy) is 1. The van der Waals surface area contributed by atoms with Crippen LogP contribution in [-0.2, 0) is 22.6 Å². The van der Waals surface area contributed by atoms with E-state index in [1.54, 1.807) is 30.3 Å². The molecular weight excluding hydrogens is 368 g/mol. The van der Waals surface area contributed by atoms with Gasteiger partial charge >= 0.3 is 5.97 Å². The normalized spacial score (nSPS) is 10.7. The van der Waals surface area contributed by atoms with Crippen LogP contribution in [0.2, 0.25) is 10.0 Å². The number of hydrogen-bond donors (Lipinski definition) is 0. The van der Waals surface area contributed by atoms with Crippen molar-refractivity contribution in [3.63, 3.8) is 0 Å². The Labute approximate surface area is 153 Å². The molecule has 0 N–H and O–H groups in total. The summed E-state index contributed by atoms with van der Waals surface area (Å²) in [6.45, 7) is -0.0814. The molecular formula is C18H12Cl2FNO3. The second-order valence-corrected chi connectivity index (χ2v) is 6.07. The van der Waals surface area contributed by atoms with Crippen LogP contribution in [0.4, 0.5) is 4.39 Å². The van der Waals surface area contributed by atoms with Crippen molar-refractivity contribution >= 4 is 29.2 Å². The van der Waals surface area contributed by atoms with Gasteiger partial charge in [0.2, 0.25) is 0 Å². The van der Waals surface area contributed by atoms with E-state index in [9.17, 15) is 9.18 Å². The van der Waals surface area contributed by atoms with Gasteiger partial charge in [-0.3, -0.25) is 4.79 Å². The Morgan fingerprint density at radius 2 is 1.92 bits per heavy atom. The van der Waals surface area contributed by atoms with Crippen molar-refractivity contribution in [1.29, 1.82) is 0 Å². The molecule has 1 aromatic heterocycles. The smallest absolute Gasteiger partial charge is 0.310 e. The molecule has 0 aliphatic heterocycles. The highest BCUT2D eigenvalue weighted by atomic mass is 35.5. The second-order valence-electron chi connectivity index (χ2n) is 5.23. The van der Waals surface area contributed by atoms with Gasteiger partial charge in [0.15, 0.2) is 5.76 Å². The third kappa shape index (κ3) is 4.38. The van der Waals surface area contributed by atoms with Crippen LogP contribution in [-0.4, -0.2) is 11.1 Å². The first-order valence-corrected chi connectivity index (χ1v) is 8.08. The lowest BCUT2D eigenvalue weighted by molar-refractivity contribution is -0.144. The molecule has 3 aromatic rings. The molecule has 0 atom stereocenters. The lowest BCUT2D eigenvalue weighted by Gasteiger charge is -2.05. The van der Waals surface area contributed by atoms with Crippen molar-refractivity contribution < 1.29 is 18.4 Å². The molecule has 0 bridgehead atoms. The lowest BCUT2D eigenvalue weighted by atomic mass is 10.1. The van der Waals surface area contributed by atoms with Crippen LogP contribution in [0.15, 0.2) is 53.1 Å². The molecule has 0 radical (unpaired) electrons. The minimum absolute atomic E-state index is 0.0814. The molecule has 0 aliphatic rings.